The number of pyridine rings is 2. The monoisotopic (exact) mass is 856 g/mol. The van der Waals surface area contributed by atoms with E-state index in [9.17, 15) is 4.39 Å². The maximum atomic E-state index is 14.1. The fourth-order valence-electron chi connectivity index (χ4n) is 5.43. The summed E-state index contributed by atoms with van der Waals surface area (Å²) in [5, 5.41) is 2.36. The van der Waals surface area contributed by atoms with Crippen molar-refractivity contribution >= 4 is 49.2 Å². The van der Waals surface area contributed by atoms with Gasteiger partial charge in [0.1, 0.15) is 5.82 Å². The summed E-state index contributed by atoms with van der Waals surface area (Å²) < 4.78 is 26.0. The summed E-state index contributed by atoms with van der Waals surface area (Å²) in [6.07, 6.45) is 4.45. The first-order valence-corrected chi connectivity index (χ1v) is 23.2. The van der Waals surface area contributed by atoms with Gasteiger partial charge in [0, 0.05) is 26.2 Å². The molecule has 0 saturated carbocycles. The fraction of sp³-hybridized carbons (Fsp3) is 0.282. The maximum absolute atomic E-state index is 14.1. The summed E-state index contributed by atoms with van der Waals surface area (Å²) in [6.45, 7) is 10.3. The number of rotatable bonds is 5. The zero-order chi connectivity index (χ0) is 32.6. The Bertz CT molecular complexity index is 1950. The summed E-state index contributed by atoms with van der Waals surface area (Å²) in [6, 6.07) is 30.8. The molecular formula is C39H41FGeIrN2S-2. The predicted octanol–water partition coefficient (Wildman–Crippen LogP) is 10.9. The van der Waals surface area contributed by atoms with E-state index in [2.05, 4.69) is 91.7 Å². The van der Waals surface area contributed by atoms with E-state index in [-0.39, 0.29) is 20.1 Å². The SMILES string of the molecule is CC(C)(C)Cc1cc(-c2[c-]cccc2)nc[c]1[Ge]([CH3])([CH3])[CH3].[2H]C(C)(C)c1cc(-c2[c-]ccc3c2sc2ccccc23)ncc1F.[Ir]. The molecule has 0 unspecified atom stereocenters. The quantitative estimate of drug-likeness (QED) is 0.128. The van der Waals surface area contributed by atoms with Crippen molar-refractivity contribution in [1.29, 1.82) is 0 Å². The van der Waals surface area contributed by atoms with E-state index < -0.39 is 25.0 Å². The first-order valence-electron chi connectivity index (χ1n) is 15.6. The summed E-state index contributed by atoms with van der Waals surface area (Å²) in [7, 11) is 0. The van der Waals surface area contributed by atoms with Crippen LogP contribution in [0.15, 0.2) is 85.2 Å². The van der Waals surface area contributed by atoms with Crippen LogP contribution in [0.5, 0.6) is 0 Å². The van der Waals surface area contributed by atoms with Gasteiger partial charge in [-0.05, 0) is 33.3 Å². The van der Waals surface area contributed by atoms with Crippen LogP contribution < -0.4 is 4.40 Å². The van der Waals surface area contributed by atoms with Gasteiger partial charge in [0.25, 0.3) is 0 Å². The number of thiophene rings is 1. The zero-order valence-electron chi connectivity index (χ0n) is 28.3. The zero-order valence-corrected chi connectivity index (χ0v) is 32.6. The van der Waals surface area contributed by atoms with E-state index in [1.807, 2.05) is 36.4 Å². The van der Waals surface area contributed by atoms with Gasteiger partial charge in [-0.3, -0.25) is 0 Å². The number of hydrogen-bond donors (Lipinski definition) is 0. The van der Waals surface area contributed by atoms with Crippen LogP contribution in [0.1, 0.15) is 53.0 Å². The average molecular weight is 855 g/mol. The van der Waals surface area contributed by atoms with E-state index in [1.165, 1.54) is 26.2 Å². The minimum atomic E-state index is -1.90. The van der Waals surface area contributed by atoms with Gasteiger partial charge in [-0.1, -0.05) is 43.5 Å². The van der Waals surface area contributed by atoms with Crippen LogP contribution in [0.3, 0.4) is 0 Å². The molecule has 6 aromatic rings. The molecular weight excluding hydrogens is 812 g/mol. The number of hydrogen-bond acceptors (Lipinski definition) is 3. The fourth-order valence-corrected chi connectivity index (χ4v) is 9.94. The van der Waals surface area contributed by atoms with Gasteiger partial charge < -0.3 is 4.98 Å². The van der Waals surface area contributed by atoms with Crippen LogP contribution in [0.2, 0.25) is 17.3 Å². The second kappa shape index (κ2) is 14.4. The van der Waals surface area contributed by atoms with Gasteiger partial charge in [-0.15, -0.1) is 23.8 Å². The van der Waals surface area contributed by atoms with Crippen molar-refractivity contribution in [3.05, 3.63) is 114 Å². The molecule has 45 heavy (non-hydrogen) atoms. The van der Waals surface area contributed by atoms with Gasteiger partial charge in [-0.25, -0.2) is 4.39 Å². The molecule has 0 atom stereocenters. The maximum Gasteiger partial charge on any atom is 0.143 e. The third-order valence-corrected chi connectivity index (χ3v) is 13.0. The molecule has 0 spiro atoms. The van der Waals surface area contributed by atoms with Crippen molar-refractivity contribution in [2.24, 2.45) is 5.41 Å². The van der Waals surface area contributed by atoms with E-state index in [1.54, 1.807) is 31.3 Å². The summed E-state index contributed by atoms with van der Waals surface area (Å²) >= 11 is -0.208. The van der Waals surface area contributed by atoms with Crippen LogP contribution >= 0.6 is 11.3 Å². The molecule has 0 bridgehead atoms. The molecule has 0 aliphatic heterocycles. The Morgan fingerprint density at radius 2 is 1.60 bits per heavy atom. The van der Waals surface area contributed by atoms with Crippen molar-refractivity contribution in [3.8, 4) is 22.5 Å². The van der Waals surface area contributed by atoms with Crippen molar-refractivity contribution in [2.45, 2.75) is 64.2 Å². The smallest absolute Gasteiger partial charge is 0.143 e. The van der Waals surface area contributed by atoms with Crippen molar-refractivity contribution < 1.29 is 25.9 Å². The summed E-state index contributed by atoms with van der Waals surface area (Å²) in [4.78, 5) is 8.98. The van der Waals surface area contributed by atoms with E-state index in [0.717, 1.165) is 33.3 Å². The molecule has 3 aromatic carbocycles. The van der Waals surface area contributed by atoms with Crippen LogP contribution in [0.25, 0.3) is 42.7 Å². The van der Waals surface area contributed by atoms with Crippen LogP contribution in [-0.4, -0.2) is 23.2 Å². The van der Waals surface area contributed by atoms with Crippen molar-refractivity contribution in [3.63, 3.8) is 0 Å². The third kappa shape index (κ3) is 8.37. The number of fused-ring (bicyclic) bond motifs is 3. The Morgan fingerprint density at radius 1 is 0.889 bits per heavy atom. The molecule has 0 amide bonds. The molecule has 2 nitrogen and oxygen atoms in total. The molecule has 0 N–H and O–H groups in total. The molecule has 3 aromatic heterocycles. The van der Waals surface area contributed by atoms with Crippen molar-refractivity contribution in [2.75, 3.05) is 0 Å². The van der Waals surface area contributed by atoms with Gasteiger partial charge in [0.15, 0.2) is 0 Å². The van der Waals surface area contributed by atoms with E-state index in [4.69, 9.17) is 6.35 Å². The number of benzene rings is 3. The molecule has 0 saturated heterocycles. The van der Waals surface area contributed by atoms with Crippen LogP contribution in [0, 0.1) is 23.4 Å². The average Bonchev–Trinajstić information content (AvgIpc) is 3.35. The number of nitrogens with zero attached hydrogens (tertiary/aromatic N) is 2. The normalized spacial score (nSPS) is 12.3. The van der Waals surface area contributed by atoms with Gasteiger partial charge in [0.2, 0.25) is 0 Å². The van der Waals surface area contributed by atoms with Crippen LogP contribution in [-0.2, 0) is 26.5 Å². The first kappa shape index (κ1) is 33.7. The molecule has 6 rings (SSSR count). The van der Waals surface area contributed by atoms with E-state index >= 15 is 0 Å². The molecule has 0 aliphatic rings. The number of halogens is 1. The minimum Gasteiger partial charge on any atom is -0.302 e. The van der Waals surface area contributed by atoms with Gasteiger partial charge in [0.05, 0.1) is 6.20 Å². The minimum absolute atomic E-state index is 0. The Kier molecular flexibility index (Phi) is 10.8. The second-order valence-corrected chi connectivity index (χ2v) is 25.4. The molecule has 6 heteroatoms. The standard InChI is InChI=1S/C20H15FNS.C19H26GeN.Ir/c1-12(2)16-10-18(22-11-17(16)21)15-8-5-7-14-13-6-3-4-9-19(13)23-20(14)15;1-19(2,3)13-16-12-18(15-10-8-7-9-11-15)21-14-17(16)20(4,5)6;/h3-7,9-12H,1-2H3;7-10,12,14H,13H2,1-6H3;/q2*-1;/i12D;;. The number of aromatic nitrogens is 2. The Morgan fingerprint density at radius 3 is 2.27 bits per heavy atom. The largest absolute Gasteiger partial charge is 0.302 e. The molecule has 0 fully saturated rings. The third-order valence-electron chi connectivity index (χ3n) is 7.49. The first-order chi connectivity index (χ1) is 21.1. The Hall–Kier alpha value is -2.70. The molecule has 1 radical (unpaired) electrons. The van der Waals surface area contributed by atoms with Crippen molar-refractivity contribution in [1.82, 2.24) is 9.97 Å². The molecule has 235 valence electrons. The topological polar surface area (TPSA) is 25.8 Å². The summed E-state index contributed by atoms with van der Waals surface area (Å²) in [5.74, 6) is 5.87. The van der Waals surface area contributed by atoms with Gasteiger partial charge in [-0.2, -0.15) is 11.3 Å². The second-order valence-electron chi connectivity index (χ2n) is 13.7. The predicted molar refractivity (Wildman–Crippen MR) is 190 cm³/mol. The molecule has 3 heterocycles. The van der Waals surface area contributed by atoms with E-state index in [0.29, 0.717) is 16.7 Å². The Balaban J connectivity index is 0.000000207. The van der Waals surface area contributed by atoms with Crippen LogP contribution in [0.4, 0.5) is 4.39 Å². The molecule has 0 aliphatic carbocycles. The summed E-state index contributed by atoms with van der Waals surface area (Å²) in [5.41, 5.74) is 5.77. The Labute approximate surface area is 289 Å². The van der Waals surface area contributed by atoms with Gasteiger partial charge >= 0.3 is 132 Å².